The van der Waals surface area contributed by atoms with Crippen LogP contribution >= 0.6 is 0 Å². The molecule has 0 aliphatic carbocycles. The van der Waals surface area contributed by atoms with E-state index in [1.165, 1.54) is 0 Å². The van der Waals surface area contributed by atoms with Crippen molar-refractivity contribution in [2.24, 2.45) is 0 Å². The first-order valence-corrected chi connectivity index (χ1v) is 3.90. The van der Waals surface area contributed by atoms with Crippen molar-refractivity contribution in [3.05, 3.63) is 0 Å². The highest BCUT2D eigenvalue weighted by Gasteiger charge is 2.49. The van der Waals surface area contributed by atoms with Crippen molar-refractivity contribution < 1.29 is 8.42 Å². The highest BCUT2D eigenvalue weighted by molar-refractivity contribution is 7.99. The van der Waals surface area contributed by atoms with Crippen LogP contribution in [0.4, 0.5) is 0 Å². The molecule has 1 saturated heterocycles. The second-order valence-corrected chi connectivity index (χ2v) is 4.66. The Kier molecular flexibility index (Phi) is 0.743. The van der Waals surface area contributed by atoms with Gasteiger partial charge < -0.3 is 0 Å². The summed E-state index contributed by atoms with van der Waals surface area (Å²) in [7, 11) is -2.57. The third-order valence-corrected chi connectivity index (χ3v) is 4.20. The van der Waals surface area contributed by atoms with Gasteiger partial charge in [0.2, 0.25) is 0 Å². The molecule has 0 unspecified atom stereocenters. The SMILES string of the molecule is C[C@@H]1[C@H](C)S1(=O)=O. The zero-order valence-corrected chi connectivity index (χ0v) is 5.20. The van der Waals surface area contributed by atoms with Gasteiger partial charge in [-0.25, -0.2) is 8.42 Å². The van der Waals surface area contributed by atoms with E-state index in [0.29, 0.717) is 0 Å². The van der Waals surface area contributed by atoms with Gasteiger partial charge in [0.15, 0.2) is 9.84 Å². The van der Waals surface area contributed by atoms with Crippen LogP contribution < -0.4 is 0 Å². The molecule has 0 N–H and O–H groups in total. The quantitative estimate of drug-likeness (QED) is 0.428. The topological polar surface area (TPSA) is 34.1 Å². The van der Waals surface area contributed by atoms with E-state index in [9.17, 15) is 8.42 Å². The van der Waals surface area contributed by atoms with Crippen LogP contribution in [0, 0.1) is 0 Å². The summed E-state index contributed by atoms with van der Waals surface area (Å²) in [4.78, 5) is 0. The fourth-order valence-electron chi connectivity index (χ4n) is 0.561. The summed E-state index contributed by atoms with van der Waals surface area (Å²) in [6.07, 6.45) is 0. The van der Waals surface area contributed by atoms with Crippen molar-refractivity contribution in [1.82, 2.24) is 0 Å². The number of sulfone groups is 1. The van der Waals surface area contributed by atoms with Gasteiger partial charge in [0, 0.05) is 0 Å². The van der Waals surface area contributed by atoms with Gasteiger partial charge >= 0.3 is 0 Å². The van der Waals surface area contributed by atoms with Gasteiger partial charge in [-0.1, -0.05) is 0 Å². The molecule has 42 valence electrons. The summed E-state index contributed by atoms with van der Waals surface area (Å²) in [6.45, 7) is 3.47. The van der Waals surface area contributed by atoms with Crippen LogP contribution in [-0.4, -0.2) is 18.9 Å². The molecule has 1 aliphatic rings. The average molecular weight is 120 g/mol. The van der Waals surface area contributed by atoms with Crippen molar-refractivity contribution in [1.29, 1.82) is 0 Å². The molecule has 2 nitrogen and oxygen atoms in total. The van der Waals surface area contributed by atoms with Crippen LogP contribution in [0.3, 0.4) is 0 Å². The van der Waals surface area contributed by atoms with Gasteiger partial charge in [-0.15, -0.1) is 0 Å². The van der Waals surface area contributed by atoms with Crippen molar-refractivity contribution in [2.45, 2.75) is 24.3 Å². The van der Waals surface area contributed by atoms with E-state index in [1.807, 2.05) is 0 Å². The van der Waals surface area contributed by atoms with Crippen LogP contribution in [0.2, 0.25) is 0 Å². The van der Waals surface area contributed by atoms with Crippen LogP contribution in [0.5, 0.6) is 0 Å². The monoisotopic (exact) mass is 120 g/mol. The Labute approximate surface area is 43.5 Å². The van der Waals surface area contributed by atoms with Crippen molar-refractivity contribution in [3.8, 4) is 0 Å². The molecule has 0 radical (unpaired) electrons. The summed E-state index contributed by atoms with van der Waals surface area (Å²) in [5.41, 5.74) is 0. The summed E-state index contributed by atoms with van der Waals surface area (Å²) in [5.74, 6) is 0. The molecule has 0 aromatic heterocycles. The summed E-state index contributed by atoms with van der Waals surface area (Å²) >= 11 is 0. The predicted molar refractivity (Wildman–Crippen MR) is 27.8 cm³/mol. The molecule has 0 saturated carbocycles. The Hall–Kier alpha value is -0.0500. The van der Waals surface area contributed by atoms with Gasteiger partial charge in [0.1, 0.15) is 0 Å². The third kappa shape index (κ3) is 0.477. The Balaban J connectivity index is 2.92. The van der Waals surface area contributed by atoms with Gasteiger partial charge in [0.05, 0.1) is 10.5 Å². The zero-order chi connectivity index (χ0) is 5.65. The average Bonchev–Trinajstić information content (AvgIpc) is 1.91. The highest BCUT2D eigenvalue weighted by atomic mass is 32.2. The lowest BCUT2D eigenvalue weighted by Gasteiger charge is -1.58. The Morgan fingerprint density at radius 3 is 1.29 bits per heavy atom. The minimum Gasteiger partial charge on any atom is -0.228 e. The molecular formula is C4H8O2S. The Morgan fingerprint density at radius 1 is 1.14 bits per heavy atom. The minimum atomic E-state index is -2.57. The lowest BCUT2D eigenvalue weighted by Crippen LogP contribution is -1.74. The van der Waals surface area contributed by atoms with E-state index >= 15 is 0 Å². The smallest absolute Gasteiger partial charge is 0.158 e. The Bertz CT molecular complexity index is 154. The van der Waals surface area contributed by atoms with E-state index in [-0.39, 0.29) is 10.5 Å². The molecule has 1 heterocycles. The first-order chi connectivity index (χ1) is 3.07. The predicted octanol–water partition coefficient (Wildman–Crippen LogP) is 0.192. The summed E-state index contributed by atoms with van der Waals surface area (Å²) in [5, 5.41) is -0.125. The van der Waals surface area contributed by atoms with E-state index in [1.54, 1.807) is 13.8 Å². The first-order valence-electron chi connectivity index (χ1n) is 2.29. The van der Waals surface area contributed by atoms with Crippen LogP contribution in [0.25, 0.3) is 0 Å². The lowest BCUT2D eigenvalue weighted by atomic mass is 10.4. The molecule has 0 amide bonds. The van der Waals surface area contributed by atoms with Gasteiger partial charge in [-0.2, -0.15) is 0 Å². The van der Waals surface area contributed by atoms with Crippen molar-refractivity contribution in [2.75, 3.05) is 0 Å². The minimum absolute atomic E-state index is 0.0625. The second-order valence-electron chi connectivity index (χ2n) is 2.00. The lowest BCUT2D eigenvalue weighted by molar-refractivity contribution is 0.611. The maximum Gasteiger partial charge on any atom is 0.158 e. The van der Waals surface area contributed by atoms with Crippen LogP contribution in [0.1, 0.15) is 13.8 Å². The third-order valence-electron chi connectivity index (χ3n) is 1.62. The zero-order valence-electron chi connectivity index (χ0n) is 4.38. The largest absolute Gasteiger partial charge is 0.228 e. The van der Waals surface area contributed by atoms with Crippen LogP contribution in [-0.2, 0) is 9.84 Å². The molecule has 0 spiro atoms. The van der Waals surface area contributed by atoms with Crippen molar-refractivity contribution >= 4 is 9.84 Å². The molecular weight excluding hydrogens is 112 g/mol. The number of hydrogen-bond acceptors (Lipinski definition) is 2. The number of rotatable bonds is 0. The maximum absolute atomic E-state index is 10.4. The molecule has 2 atom stereocenters. The van der Waals surface area contributed by atoms with E-state index in [4.69, 9.17) is 0 Å². The molecule has 3 heteroatoms. The number of hydrogen-bond donors (Lipinski definition) is 0. The normalized spacial score (nSPS) is 46.0. The fourth-order valence-corrected chi connectivity index (χ4v) is 1.95. The first kappa shape index (κ1) is 5.09. The molecule has 0 aromatic carbocycles. The molecule has 1 fully saturated rings. The molecule has 7 heavy (non-hydrogen) atoms. The molecule has 1 rings (SSSR count). The Morgan fingerprint density at radius 2 is 1.29 bits per heavy atom. The fraction of sp³-hybridized carbons (Fsp3) is 1.00. The van der Waals surface area contributed by atoms with E-state index < -0.39 is 9.84 Å². The maximum atomic E-state index is 10.4. The molecule has 0 aromatic rings. The van der Waals surface area contributed by atoms with Crippen LogP contribution in [0.15, 0.2) is 0 Å². The summed E-state index contributed by atoms with van der Waals surface area (Å²) < 4.78 is 20.8. The van der Waals surface area contributed by atoms with E-state index in [0.717, 1.165) is 0 Å². The molecule has 1 aliphatic heterocycles. The van der Waals surface area contributed by atoms with Gasteiger partial charge in [0.25, 0.3) is 0 Å². The second kappa shape index (κ2) is 1.02. The van der Waals surface area contributed by atoms with Gasteiger partial charge in [-0.05, 0) is 13.8 Å². The highest BCUT2D eigenvalue weighted by Crippen LogP contribution is 2.30. The summed E-state index contributed by atoms with van der Waals surface area (Å²) in [6, 6.07) is 0. The molecule has 0 bridgehead atoms. The van der Waals surface area contributed by atoms with Crippen molar-refractivity contribution in [3.63, 3.8) is 0 Å². The van der Waals surface area contributed by atoms with Gasteiger partial charge in [-0.3, -0.25) is 0 Å². The van der Waals surface area contributed by atoms with E-state index in [2.05, 4.69) is 0 Å². The standard InChI is InChI=1S/C4H8O2S/c1-3-4(2)7(3,5)6/h3-4H,1-2H3/t3-,4+.